The summed E-state index contributed by atoms with van der Waals surface area (Å²) in [5.74, 6) is 0.00803. The molecule has 2 N–H and O–H groups in total. The Hall–Kier alpha value is -2.88. The zero-order valence-electron chi connectivity index (χ0n) is 22.4. The lowest BCUT2D eigenvalue weighted by Crippen LogP contribution is -2.51. The fourth-order valence-electron chi connectivity index (χ4n) is 5.03. The monoisotopic (exact) mass is 541 g/mol. The minimum atomic E-state index is -3.92. The molecule has 4 rings (SSSR count). The Morgan fingerprint density at radius 1 is 1.16 bits per heavy atom. The van der Waals surface area contributed by atoms with Crippen LogP contribution in [0.25, 0.3) is 12.2 Å². The molecule has 8 nitrogen and oxygen atoms in total. The van der Waals surface area contributed by atoms with E-state index in [9.17, 15) is 18.3 Å². The fraction of sp³-hybridized carbons (Fsp3) is 0.483. The molecule has 1 saturated carbocycles. The van der Waals surface area contributed by atoms with Gasteiger partial charge in [0.2, 0.25) is 10.0 Å². The Morgan fingerprint density at radius 3 is 2.53 bits per heavy atom. The number of rotatable bonds is 7. The Labute approximate surface area is 226 Å². The largest absolute Gasteiger partial charge is 0.487 e. The van der Waals surface area contributed by atoms with Crippen LogP contribution < -0.4 is 10.1 Å². The topological polar surface area (TPSA) is 99.2 Å². The predicted molar refractivity (Wildman–Crippen MR) is 149 cm³/mol. The summed E-state index contributed by atoms with van der Waals surface area (Å²) in [6.07, 6.45) is 7.66. The summed E-state index contributed by atoms with van der Waals surface area (Å²) in [4.78, 5) is 14.6. The number of aliphatic hydroxyl groups is 1. The molecule has 1 aliphatic heterocycles. The highest BCUT2D eigenvalue weighted by molar-refractivity contribution is 7.89. The van der Waals surface area contributed by atoms with E-state index in [0.29, 0.717) is 6.54 Å². The van der Waals surface area contributed by atoms with Gasteiger partial charge in [-0.25, -0.2) is 13.2 Å². The lowest BCUT2D eigenvalue weighted by atomic mass is 10.0. The van der Waals surface area contributed by atoms with E-state index in [1.165, 1.54) is 4.31 Å². The number of carbonyl (C=O) groups excluding carboxylic acids is 1. The van der Waals surface area contributed by atoms with Gasteiger partial charge in [-0.05, 0) is 43.0 Å². The second-order valence-corrected chi connectivity index (χ2v) is 12.4. The summed E-state index contributed by atoms with van der Waals surface area (Å²) >= 11 is 0. The van der Waals surface area contributed by atoms with Crippen LogP contribution in [0.4, 0.5) is 4.79 Å². The number of ether oxygens (including phenoxy) is 1. The van der Waals surface area contributed by atoms with Crippen LogP contribution in [0.1, 0.15) is 50.7 Å². The fourth-order valence-corrected chi connectivity index (χ4v) is 6.85. The molecule has 2 aliphatic rings. The first-order valence-corrected chi connectivity index (χ1v) is 14.8. The van der Waals surface area contributed by atoms with Crippen LogP contribution in [0.5, 0.6) is 5.75 Å². The summed E-state index contributed by atoms with van der Waals surface area (Å²) in [6.45, 7) is 3.78. The SMILES string of the molecule is C[C@@H]1CN([C@H](C)CO)S(=O)(=O)c2ccc(/C=C/c3ccccc3)cc2O[C@H]1CN(C)C(=O)NC1CCCC1. The molecule has 0 bridgehead atoms. The van der Waals surface area contributed by atoms with E-state index in [-0.39, 0.29) is 41.8 Å². The Kier molecular flexibility index (Phi) is 9.12. The smallest absolute Gasteiger partial charge is 0.317 e. The molecule has 1 aliphatic carbocycles. The predicted octanol–water partition coefficient (Wildman–Crippen LogP) is 4.21. The van der Waals surface area contributed by atoms with E-state index in [1.807, 2.05) is 49.4 Å². The third kappa shape index (κ3) is 6.57. The van der Waals surface area contributed by atoms with E-state index >= 15 is 0 Å². The van der Waals surface area contributed by atoms with Crippen LogP contribution in [-0.4, -0.2) is 73.7 Å². The number of benzene rings is 2. The Balaban J connectivity index is 1.64. The normalized spacial score (nSPS) is 22.7. The number of sulfonamides is 1. The van der Waals surface area contributed by atoms with Crippen LogP contribution >= 0.6 is 0 Å². The molecule has 2 aromatic rings. The molecule has 206 valence electrons. The van der Waals surface area contributed by atoms with Gasteiger partial charge in [-0.3, -0.25) is 0 Å². The van der Waals surface area contributed by atoms with Crippen molar-refractivity contribution in [3.63, 3.8) is 0 Å². The first-order chi connectivity index (χ1) is 18.2. The van der Waals surface area contributed by atoms with Crippen LogP contribution in [0.3, 0.4) is 0 Å². The average molecular weight is 542 g/mol. The van der Waals surface area contributed by atoms with Crippen molar-refractivity contribution in [2.45, 2.75) is 62.6 Å². The molecule has 1 fully saturated rings. The first-order valence-electron chi connectivity index (χ1n) is 13.4. The number of urea groups is 1. The standard InChI is InChI=1S/C29H39N3O5S/c1-21-18-32(22(2)20-33)38(35,36)28-16-15-24(14-13-23-9-5-4-6-10-23)17-26(28)37-27(21)19-31(3)29(34)30-25-11-7-8-12-25/h4-6,9-10,13-17,21-22,25,27,33H,7-8,11-12,18-20H2,1-3H3,(H,30,34)/b14-13+/t21-,22-,27+/m1/s1. The number of nitrogens with zero attached hydrogens (tertiary/aromatic N) is 2. The van der Waals surface area contributed by atoms with Gasteiger partial charge in [0.05, 0.1) is 13.2 Å². The summed E-state index contributed by atoms with van der Waals surface area (Å²) in [5, 5.41) is 13.0. The van der Waals surface area contributed by atoms with Crippen LogP contribution in [0.2, 0.25) is 0 Å². The number of likely N-dealkylation sites (N-methyl/N-ethyl adjacent to an activating group) is 1. The van der Waals surface area contributed by atoms with Gasteiger partial charge < -0.3 is 20.1 Å². The van der Waals surface area contributed by atoms with Crippen LogP contribution in [0.15, 0.2) is 53.4 Å². The van der Waals surface area contributed by atoms with E-state index in [0.717, 1.165) is 36.8 Å². The molecule has 3 atom stereocenters. The molecular formula is C29H39N3O5S. The van der Waals surface area contributed by atoms with Crippen molar-refractivity contribution >= 4 is 28.2 Å². The Morgan fingerprint density at radius 2 is 1.84 bits per heavy atom. The maximum Gasteiger partial charge on any atom is 0.317 e. The summed E-state index contributed by atoms with van der Waals surface area (Å²) < 4.78 is 35.1. The summed E-state index contributed by atoms with van der Waals surface area (Å²) in [7, 11) is -2.18. The molecule has 0 aromatic heterocycles. The molecule has 2 aromatic carbocycles. The van der Waals surface area contributed by atoms with Crippen molar-refractivity contribution in [1.29, 1.82) is 0 Å². The van der Waals surface area contributed by atoms with Gasteiger partial charge in [-0.15, -0.1) is 0 Å². The van der Waals surface area contributed by atoms with Crippen molar-refractivity contribution < 1.29 is 23.1 Å². The summed E-state index contributed by atoms with van der Waals surface area (Å²) in [5.41, 5.74) is 1.82. The maximum atomic E-state index is 13.7. The lowest BCUT2D eigenvalue weighted by molar-refractivity contribution is 0.0808. The number of carbonyl (C=O) groups is 1. The average Bonchev–Trinajstić information content (AvgIpc) is 3.42. The van der Waals surface area contributed by atoms with E-state index in [1.54, 1.807) is 37.1 Å². The van der Waals surface area contributed by atoms with Gasteiger partial charge in [0.15, 0.2) is 0 Å². The Bertz CT molecular complexity index is 1230. The quantitative estimate of drug-likeness (QED) is 0.512. The van der Waals surface area contributed by atoms with Crippen molar-refractivity contribution in [2.75, 3.05) is 26.7 Å². The molecule has 0 spiro atoms. The number of fused-ring (bicyclic) bond motifs is 1. The maximum absolute atomic E-state index is 13.7. The molecule has 9 heteroatoms. The third-order valence-electron chi connectivity index (χ3n) is 7.44. The number of aliphatic hydroxyl groups excluding tert-OH is 1. The second kappa shape index (κ2) is 12.3. The van der Waals surface area contributed by atoms with Crippen molar-refractivity contribution in [3.8, 4) is 5.75 Å². The summed E-state index contributed by atoms with van der Waals surface area (Å²) in [6, 6.07) is 14.3. The third-order valence-corrected chi connectivity index (χ3v) is 9.46. The highest BCUT2D eigenvalue weighted by Crippen LogP contribution is 2.34. The minimum Gasteiger partial charge on any atom is -0.487 e. The highest BCUT2D eigenvalue weighted by Gasteiger charge is 2.38. The zero-order valence-corrected chi connectivity index (χ0v) is 23.2. The molecule has 38 heavy (non-hydrogen) atoms. The van der Waals surface area contributed by atoms with Crippen LogP contribution in [-0.2, 0) is 10.0 Å². The lowest BCUT2D eigenvalue weighted by Gasteiger charge is -2.37. The van der Waals surface area contributed by atoms with Gasteiger partial charge in [0.1, 0.15) is 16.7 Å². The second-order valence-electron chi connectivity index (χ2n) is 10.5. The number of amides is 2. The van der Waals surface area contributed by atoms with Crippen molar-refractivity contribution in [2.24, 2.45) is 5.92 Å². The van der Waals surface area contributed by atoms with Crippen molar-refractivity contribution in [3.05, 3.63) is 59.7 Å². The van der Waals surface area contributed by atoms with Crippen molar-refractivity contribution in [1.82, 2.24) is 14.5 Å². The van der Waals surface area contributed by atoms with Gasteiger partial charge in [-0.1, -0.05) is 68.3 Å². The van der Waals surface area contributed by atoms with E-state index < -0.39 is 22.2 Å². The van der Waals surface area contributed by atoms with Gasteiger partial charge >= 0.3 is 6.03 Å². The minimum absolute atomic E-state index is 0.0598. The van der Waals surface area contributed by atoms with Gasteiger partial charge in [0, 0.05) is 31.6 Å². The molecular weight excluding hydrogens is 502 g/mol. The number of hydrogen-bond acceptors (Lipinski definition) is 5. The molecule has 0 unspecified atom stereocenters. The van der Waals surface area contributed by atoms with Gasteiger partial charge in [-0.2, -0.15) is 4.31 Å². The number of hydrogen-bond donors (Lipinski definition) is 2. The molecule has 0 radical (unpaired) electrons. The first kappa shape index (κ1) is 28.1. The molecule has 2 amide bonds. The molecule has 0 saturated heterocycles. The van der Waals surface area contributed by atoms with Crippen LogP contribution in [0, 0.1) is 5.92 Å². The number of nitrogens with one attached hydrogen (secondary N) is 1. The zero-order chi connectivity index (χ0) is 27.3. The highest BCUT2D eigenvalue weighted by atomic mass is 32.2. The van der Waals surface area contributed by atoms with E-state index in [4.69, 9.17) is 4.74 Å². The molecule has 1 heterocycles. The van der Waals surface area contributed by atoms with E-state index in [2.05, 4.69) is 5.32 Å². The van der Waals surface area contributed by atoms with Gasteiger partial charge in [0.25, 0.3) is 0 Å².